The van der Waals surface area contributed by atoms with Crippen molar-refractivity contribution in [3.05, 3.63) is 47.8 Å². The van der Waals surface area contributed by atoms with Crippen molar-refractivity contribution in [2.75, 3.05) is 32.7 Å². The predicted octanol–water partition coefficient (Wildman–Crippen LogP) is 1.43. The van der Waals surface area contributed by atoms with Crippen molar-refractivity contribution in [2.45, 2.75) is 13.0 Å². The number of piperazine rings is 1. The van der Waals surface area contributed by atoms with E-state index in [0.717, 1.165) is 36.9 Å². The molecule has 6 heteroatoms. The van der Waals surface area contributed by atoms with Crippen molar-refractivity contribution >= 4 is 18.1 Å². The lowest BCUT2D eigenvalue weighted by molar-refractivity contribution is 0.0668. The summed E-state index contributed by atoms with van der Waals surface area (Å²) in [6.45, 7) is 6.04. The van der Waals surface area contributed by atoms with Crippen LogP contribution >= 0.6 is 0 Å². The van der Waals surface area contributed by atoms with Gasteiger partial charge in [-0.05, 0) is 19.1 Å². The van der Waals surface area contributed by atoms with Crippen LogP contribution in [-0.4, -0.2) is 71.5 Å². The lowest BCUT2D eigenvalue weighted by atomic mass is 10.2. The standard InChI is InChI=1S/C18H21N5O/c1-14-12-23-13-19-16(11-17(23)20-14)21-7-9-22(10-8-21)18(24)15-5-3-2-4-6-15/h2-6,11,13-14H,7-10,12H2,1H3/t14-/m0/s1. The van der Waals surface area contributed by atoms with Crippen LogP contribution < -0.4 is 0 Å². The van der Waals surface area contributed by atoms with Crippen LogP contribution in [0.3, 0.4) is 0 Å². The summed E-state index contributed by atoms with van der Waals surface area (Å²) in [4.78, 5) is 27.9. The summed E-state index contributed by atoms with van der Waals surface area (Å²) in [5.41, 5.74) is 0.755. The van der Waals surface area contributed by atoms with Gasteiger partial charge in [0.25, 0.3) is 5.91 Å². The zero-order valence-electron chi connectivity index (χ0n) is 13.8. The molecule has 0 bridgehead atoms. The Hall–Kier alpha value is -2.63. The van der Waals surface area contributed by atoms with Gasteiger partial charge in [-0.1, -0.05) is 18.2 Å². The number of carbonyl (C=O) groups is 1. The maximum atomic E-state index is 12.5. The Kier molecular flexibility index (Phi) is 3.80. The summed E-state index contributed by atoms with van der Waals surface area (Å²) >= 11 is 0. The van der Waals surface area contributed by atoms with Gasteiger partial charge in [0.05, 0.1) is 12.4 Å². The molecule has 6 nitrogen and oxygen atoms in total. The molecule has 0 radical (unpaired) electrons. The number of amidine groups is 1. The highest BCUT2D eigenvalue weighted by molar-refractivity contribution is 6.03. The molecule has 1 saturated heterocycles. The first kappa shape index (κ1) is 14.9. The molecule has 1 aromatic rings. The fraction of sp³-hybridized carbons (Fsp3) is 0.389. The van der Waals surface area contributed by atoms with E-state index >= 15 is 0 Å². The molecule has 3 aliphatic rings. The largest absolute Gasteiger partial charge is 0.353 e. The van der Waals surface area contributed by atoms with E-state index in [2.05, 4.69) is 32.8 Å². The minimum atomic E-state index is 0.108. The monoisotopic (exact) mass is 323 g/mol. The highest BCUT2D eigenvalue weighted by Crippen LogP contribution is 2.19. The molecule has 4 rings (SSSR count). The number of carbonyl (C=O) groups excluding carboxylic acids is 1. The number of nitrogens with zero attached hydrogens (tertiary/aromatic N) is 5. The predicted molar refractivity (Wildman–Crippen MR) is 94.1 cm³/mol. The van der Waals surface area contributed by atoms with Crippen molar-refractivity contribution in [1.29, 1.82) is 0 Å². The Morgan fingerprint density at radius 2 is 1.88 bits per heavy atom. The van der Waals surface area contributed by atoms with Crippen LogP contribution in [0.15, 0.2) is 52.2 Å². The molecule has 1 atom stereocenters. The Morgan fingerprint density at radius 3 is 2.62 bits per heavy atom. The van der Waals surface area contributed by atoms with Gasteiger partial charge in [0.2, 0.25) is 0 Å². The van der Waals surface area contributed by atoms with Gasteiger partial charge in [0.15, 0.2) is 0 Å². The zero-order valence-corrected chi connectivity index (χ0v) is 13.8. The molecule has 1 aromatic carbocycles. The number of fused-ring (bicyclic) bond motifs is 1. The van der Waals surface area contributed by atoms with Gasteiger partial charge in [0, 0.05) is 44.4 Å². The Balaban J connectivity index is 1.40. The highest BCUT2D eigenvalue weighted by Gasteiger charge is 2.27. The molecule has 24 heavy (non-hydrogen) atoms. The van der Waals surface area contributed by atoms with Crippen molar-refractivity contribution in [2.24, 2.45) is 9.98 Å². The molecule has 0 aromatic heterocycles. The molecule has 0 aliphatic carbocycles. The molecular formula is C18H21N5O. The van der Waals surface area contributed by atoms with Gasteiger partial charge >= 0.3 is 0 Å². The van der Waals surface area contributed by atoms with Crippen LogP contribution in [0.5, 0.6) is 0 Å². The van der Waals surface area contributed by atoms with Crippen LogP contribution in [0.2, 0.25) is 0 Å². The van der Waals surface area contributed by atoms with Crippen LogP contribution in [-0.2, 0) is 0 Å². The first-order chi connectivity index (χ1) is 11.7. The maximum absolute atomic E-state index is 12.5. The molecular weight excluding hydrogens is 302 g/mol. The van der Waals surface area contributed by atoms with Gasteiger partial charge in [-0.25, -0.2) is 4.99 Å². The van der Waals surface area contributed by atoms with Crippen molar-refractivity contribution < 1.29 is 4.79 Å². The molecule has 1 amide bonds. The van der Waals surface area contributed by atoms with Crippen LogP contribution in [0.1, 0.15) is 17.3 Å². The number of aliphatic imine (C=N–C) groups is 2. The van der Waals surface area contributed by atoms with E-state index in [0.29, 0.717) is 19.1 Å². The molecule has 0 unspecified atom stereocenters. The van der Waals surface area contributed by atoms with Crippen LogP contribution in [0.4, 0.5) is 0 Å². The summed E-state index contributed by atoms with van der Waals surface area (Å²) in [7, 11) is 0. The minimum Gasteiger partial charge on any atom is -0.353 e. The molecule has 124 valence electrons. The highest BCUT2D eigenvalue weighted by atomic mass is 16.2. The van der Waals surface area contributed by atoms with Crippen LogP contribution in [0, 0.1) is 0 Å². The van der Waals surface area contributed by atoms with E-state index in [1.807, 2.05) is 41.6 Å². The van der Waals surface area contributed by atoms with Crippen molar-refractivity contribution in [3.8, 4) is 0 Å². The van der Waals surface area contributed by atoms with E-state index in [-0.39, 0.29) is 5.91 Å². The average molecular weight is 323 g/mol. The maximum Gasteiger partial charge on any atom is 0.253 e. The molecule has 3 heterocycles. The molecule has 3 aliphatic heterocycles. The Bertz CT molecular complexity index is 716. The zero-order chi connectivity index (χ0) is 16.5. The van der Waals surface area contributed by atoms with Gasteiger partial charge in [-0.15, -0.1) is 0 Å². The van der Waals surface area contributed by atoms with Gasteiger partial charge in [-0.3, -0.25) is 9.79 Å². The lowest BCUT2D eigenvalue weighted by Gasteiger charge is -2.36. The number of hydrogen-bond donors (Lipinski definition) is 0. The molecule has 1 fully saturated rings. The average Bonchev–Trinajstić information content (AvgIpc) is 3.01. The van der Waals surface area contributed by atoms with E-state index in [9.17, 15) is 4.79 Å². The fourth-order valence-electron chi connectivity index (χ4n) is 3.30. The first-order valence-corrected chi connectivity index (χ1v) is 8.40. The quantitative estimate of drug-likeness (QED) is 0.827. The summed E-state index contributed by atoms with van der Waals surface area (Å²) in [6.07, 6.45) is 3.93. The molecule has 0 spiro atoms. The summed E-state index contributed by atoms with van der Waals surface area (Å²) < 4.78 is 0. The second-order valence-corrected chi connectivity index (χ2v) is 6.38. The third-order valence-corrected chi connectivity index (χ3v) is 4.61. The summed E-state index contributed by atoms with van der Waals surface area (Å²) in [5.74, 6) is 2.05. The minimum absolute atomic E-state index is 0.108. The normalized spacial score (nSPS) is 23.0. The Morgan fingerprint density at radius 1 is 1.12 bits per heavy atom. The third kappa shape index (κ3) is 2.79. The van der Waals surface area contributed by atoms with Gasteiger partial charge in [0.1, 0.15) is 11.7 Å². The second kappa shape index (κ2) is 6.11. The van der Waals surface area contributed by atoms with Crippen molar-refractivity contribution in [1.82, 2.24) is 14.7 Å². The van der Waals surface area contributed by atoms with Gasteiger partial charge < -0.3 is 14.7 Å². The van der Waals surface area contributed by atoms with E-state index in [1.165, 1.54) is 0 Å². The molecule has 0 saturated carbocycles. The van der Waals surface area contributed by atoms with E-state index in [4.69, 9.17) is 0 Å². The summed E-state index contributed by atoms with van der Waals surface area (Å²) in [6, 6.07) is 9.80. The smallest absolute Gasteiger partial charge is 0.253 e. The lowest BCUT2D eigenvalue weighted by Crippen LogP contribution is -2.48. The SMILES string of the molecule is C[C@H]1CN2C=NC(N3CCN(C(=O)c4ccccc4)CC3)=CC2=N1. The van der Waals surface area contributed by atoms with Crippen molar-refractivity contribution in [3.63, 3.8) is 0 Å². The first-order valence-electron chi connectivity index (χ1n) is 8.40. The second-order valence-electron chi connectivity index (χ2n) is 6.38. The number of rotatable bonds is 2. The fourth-order valence-corrected chi connectivity index (χ4v) is 3.30. The number of amides is 1. The topological polar surface area (TPSA) is 51.5 Å². The Labute approximate surface area is 141 Å². The van der Waals surface area contributed by atoms with Gasteiger partial charge in [-0.2, -0.15) is 0 Å². The number of benzene rings is 1. The number of hydrogen-bond acceptors (Lipinski definition) is 5. The molecule has 0 N–H and O–H groups in total. The summed E-state index contributed by atoms with van der Waals surface area (Å²) in [5, 5.41) is 0. The third-order valence-electron chi connectivity index (χ3n) is 4.61. The van der Waals surface area contributed by atoms with E-state index < -0.39 is 0 Å². The van der Waals surface area contributed by atoms with Crippen LogP contribution in [0.25, 0.3) is 0 Å². The van der Waals surface area contributed by atoms with E-state index in [1.54, 1.807) is 0 Å².